The fourth-order valence-corrected chi connectivity index (χ4v) is 2.55. The first-order valence-corrected chi connectivity index (χ1v) is 7.43. The zero-order valence-corrected chi connectivity index (χ0v) is 12.9. The molecule has 0 amide bonds. The van der Waals surface area contributed by atoms with E-state index in [0.717, 1.165) is 30.2 Å². The Kier molecular flexibility index (Phi) is 4.28. The van der Waals surface area contributed by atoms with E-state index < -0.39 is 0 Å². The summed E-state index contributed by atoms with van der Waals surface area (Å²) >= 11 is 0. The van der Waals surface area contributed by atoms with E-state index in [0.29, 0.717) is 0 Å². The van der Waals surface area contributed by atoms with Crippen molar-refractivity contribution in [3.63, 3.8) is 0 Å². The molecule has 0 aliphatic carbocycles. The molecule has 0 saturated carbocycles. The monoisotopic (exact) mass is 296 g/mol. The number of nitrogens with zero attached hydrogens (tertiary/aromatic N) is 2. The third-order valence-corrected chi connectivity index (χ3v) is 3.66. The van der Waals surface area contributed by atoms with Crippen LogP contribution in [0, 0.1) is 0 Å². The lowest BCUT2D eigenvalue weighted by atomic mass is 10.1. The summed E-state index contributed by atoms with van der Waals surface area (Å²) in [6.45, 7) is 3.67. The van der Waals surface area contributed by atoms with Gasteiger partial charge in [-0.2, -0.15) is 0 Å². The van der Waals surface area contributed by atoms with Crippen molar-refractivity contribution >= 4 is 5.84 Å². The summed E-state index contributed by atoms with van der Waals surface area (Å²) in [6.07, 6.45) is 0.0886. The van der Waals surface area contributed by atoms with Gasteiger partial charge >= 0.3 is 0 Å². The van der Waals surface area contributed by atoms with Gasteiger partial charge in [0.15, 0.2) is 5.84 Å². The molecule has 0 N–H and O–H groups in total. The molecule has 3 rings (SSSR count). The van der Waals surface area contributed by atoms with Gasteiger partial charge in [-0.25, -0.2) is 0 Å². The van der Waals surface area contributed by atoms with Crippen molar-refractivity contribution in [1.29, 1.82) is 0 Å². The third kappa shape index (κ3) is 3.22. The van der Waals surface area contributed by atoms with Gasteiger partial charge in [-0.1, -0.05) is 35.5 Å². The van der Waals surface area contributed by atoms with Gasteiger partial charge in [0.2, 0.25) is 0 Å². The number of amidine groups is 1. The zero-order valence-electron chi connectivity index (χ0n) is 12.9. The summed E-state index contributed by atoms with van der Waals surface area (Å²) in [7, 11) is 1.67. The zero-order chi connectivity index (χ0) is 15.4. The number of hydrogen-bond acceptors (Lipinski definition) is 4. The number of oxime groups is 1. The molecule has 1 heterocycles. The fourth-order valence-electron chi connectivity index (χ4n) is 2.55. The summed E-state index contributed by atoms with van der Waals surface area (Å²) in [5, 5.41) is 4.32. The molecule has 0 radical (unpaired) electrons. The smallest absolute Gasteiger partial charge is 0.175 e. The molecule has 114 valence electrons. The van der Waals surface area contributed by atoms with Gasteiger partial charge in [0.05, 0.1) is 13.7 Å². The van der Waals surface area contributed by atoms with Crippen LogP contribution in [0.1, 0.15) is 18.1 Å². The van der Waals surface area contributed by atoms with Crippen molar-refractivity contribution in [3.05, 3.63) is 65.7 Å². The number of rotatable bonds is 4. The van der Waals surface area contributed by atoms with Crippen molar-refractivity contribution in [3.8, 4) is 5.75 Å². The Labute approximate surface area is 131 Å². The van der Waals surface area contributed by atoms with Gasteiger partial charge in [0.25, 0.3) is 0 Å². The number of methoxy groups -OCH3 is 1. The van der Waals surface area contributed by atoms with Gasteiger partial charge in [-0.15, -0.1) is 0 Å². The normalized spacial score (nSPS) is 17.6. The minimum Gasteiger partial charge on any atom is -0.497 e. The molecule has 2 aromatic rings. The molecule has 4 heteroatoms. The summed E-state index contributed by atoms with van der Waals surface area (Å²) in [5.74, 6) is 1.70. The van der Waals surface area contributed by atoms with Crippen LogP contribution in [0.2, 0.25) is 0 Å². The van der Waals surface area contributed by atoms with E-state index in [4.69, 9.17) is 9.57 Å². The van der Waals surface area contributed by atoms with E-state index in [1.807, 2.05) is 37.3 Å². The molecule has 2 aromatic carbocycles. The molecule has 0 fully saturated rings. The molecule has 22 heavy (non-hydrogen) atoms. The SMILES string of the molecule is COc1ccc(C2=NOC(C)CN2Cc2ccccc2)cc1. The van der Waals surface area contributed by atoms with Crippen molar-refractivity contribution in [2.24, 2.45) is 5.16 Å². The maximum absolute atomic E-state index is 5.48. The Morgan fingerprint density at radius 2 is 1.86 bits per heavy atom. The van der Waals surface area contributed by atoms with E-state index in [9.17, 15) is 0 Å². The van der Waals surface area contributed by atoms with Gasteiger partial charge in [0.1, 0.15) is 11.9 Å². The van der Waals surface area contributed by atoms with Crippen LogP contribution in [0.4, 0.5) is 0 Å². The predicted molar refractivity (Wildman–Crippen MR) is 86.9 cm³/mol. The van der Waals surface area contributed by atoms with Crippen LogP contribution in [0.3, 0.4) is 0 Å². The minimum absolute atomic E-state index is 0.0886. The number of benzene rings is 2. The van der Waals surface area contributed by atoms with E-state index >= 15 is 0 Å². The standard InChI is InChI=1S/C18H20N2O2/c1-14-12-20(13-15-6-4-3-5-7-15)18(19-22-14)16-8-10-17(21-2)11-9-16/h3-11,14H,12-13H2,1-2H3. The largest absolute Gasteiger partial charge is 0.497 e. The predicted octanol–water partition coefficient (Wildman–Crippen LogP) is 3.28. The Bertz CT molecular complexity index is 638. The Morgan fingerprint density at radius 3 is 2.55 bits per heavy atom. The van der Waals surface area contributed by atoms with Crippen LogP contribution in [-0.4, -0.2) is 30.5 Å². The van der Waals surface area contributed by atoms with Gasteiger partial charge < -0.3 is 14.5 Å². The lowest BCUT2D eigenvalue weighted by Gasteiger charge is -2.32. The second kappa shape index (κ2) is 6.52. The van der Waals surface area contributed by atoms with Crippen LogP contribution in [0.15, 0.2) is 59.8 Å². The van der Waals surface area contributed by atoms with Crippen molar-refractivity contribution in [2.45, 2.75) is 19.6 Å². The van der Waals surface area contributed by atoms with Crippen molar-refractivity contribution < 1.29 is 9.57 Å². The molecule has 1 unspecified atom stereocenters. The number of ether oxygens (including phenoxy) is 1. The van der Waals surface area contributed by atoms with Crippen molar-refractivity contribution in [2.75, 3.05) is 13.7 Å². The lowest BCUT2D eigenvalue weighted by molar-refractivity contribution is 0.0323. The molecule has 1 aliphatic rings. The number of hydrogen-bond donors (Lipinski definition) is 0. The summed E-state index contributed by atoms with van der Waals surface area (Å²) in [4.78, 5) is 7.74. The summed E-state index contributed by atoms with van der Waals surface area (Å²) in [5.41, 5.74) is 2.29. The molecule has 4 nitrogen and oxygen atoms in total. The molecule has 0 bridgehead atoms. The average molecular weight is 296 g/mol. The Balaban J connectivity index is 1.85. The molecule has 0 saturated heterocycles. The first-order chi connectivity index (χ1) is 10.8. The van der Waals surface area contributed by atoms with Gasteiger partial charge in [0, 0.05) is 12.1 Å². The van der Waals surface area contributed by atoms with Gasteiger partial charge in [-0.3, -0.25) is 0 Å². The van der Waals surface area contributed by atoms with Crippen LogP contribution >= 0.6 is 0 Å². The maximum atomic E-state index is 5.48. The van der Waals surface area contributed by atoms with Crippen molar-refractivity contribution in [1.82, 2.24) is 4.90 Å². The van der Waals surface area contributed by atoms with Gasteiger partial charge in [-0.05, 0) is 36.8 Å². The minimum atomic E-state index is 0.0886. The molecular formula is C18H20N2O2. The highest BCUT2D eigenvalue weighted by Crippen LogP contribution is 2.19. The molecule has 0 spiro atoms. The third-order valence-electron chi connectivity index (χ3n) is 3.66. The average Bonchev–Trinajstić information content (AvgIpc) is 2.56. The maximum Gasteiger partial charge on any atom is 0.175 e. The fraction of sp³-hybridized carbons (Fsp3) is 0.278. The first-order valence-electron chi connectivity index (χ1n) is 7.43. The summed E-state index contributed by atoms with van der Waals surface area (Å²) in [6, 6.07) is 18.3. The van der Waals surface area contributed by atoms with E-state index in [-0.39, 0.29) is 6.10 Å². The highest BCUT2D eigenvalue weighted by atomic mass is 16.6. The van der Waals surface area contributed by atoms with Crippen LogP contribution < -0.4 is 4.74 Å². The molecular weight excluding hydrogens is 276 g/mol. The summed E-state index contributed by atoms with van der Waals surface area (Å²) < 4.78 is 5.21. The van der Waals surface area contributed by atoms with Crippen LogP contribution in [0.5, 0.6) is 5.75 Å². The van der Waals surface area contributed by atoms with E-state index in [2.05, 4.69) is 34.3 Å². The Hall–Kier alpha value is -2.49. The van der Waals surface area contributed by atoms with Crippen LogP contribution in [-0.2, 0) is 11.4 Å². The molecule has 0 aromatic heterocycles. The highest BCUT2D eigenvalue weighted by Gasteiger charge is 2.23. The second-order valence-corrected chi connectivity index (χ2v) is 5.43. The molecule has 1 atom stereocenters. The molecule has 1 aliphatic heterocycles. The van der Waals surface area contributed by atoms with E-state index in [1.165, 1.54) is 5.56 Å². The lowest BCUT2D eigenvalue weighted by Crippen LogP contribution is -2.41. The quantitative estimate of drug-likeness (QED) is 0.868. The van der Waals surface area contributed by atoms with Crippen LogP contribution in [0.25, 0.3) is 0 Å². The second-order valence-electron chi connectivity index (χ2n) is 5.43. The highest BCUT2D eigenvalue weighted by molar-refractivity contribution is 5.98. The Morgan fingerprint density at radius 1 is 1.14 bits per heavy atom. The van der Waals surface area contributed by atoms with E-state index in [1.54, 1.807) is 7.11 Å². The topological polar surface area (TPSA) is 34.1 Å². The first kappa shape index (κ1) is 14.4.